The summed E-state index contributed by atoms with van der Waals surface area (Å²) in [5.74, 6) is 0.274. The first kappa shape index (κ1) is 11.6. The van der Waals surface area contributed by atoms with Gasteiger partial charge in [0.05, 0.1) is 5.54 Å². The number of nitrogens with zero attached hydrogens (tertiary/aromatic N) is 1. The molecular weight excluding hydrogens is 229 g/mol. The van der Waals surface area contributed by atoms with Crippen LogP contribution in [0.15, 0.2) is 23.2 Å². The number of benzene rings is 1. The van der Waals surface area contributed by atoms with E-state index < -0.39 is 5.54 Å². The Labute approximate surface area is 106 Å². The predicted octanol–water partition coefficient (Wildman–Crippen LogP) is 3.81. The highest BCUT2D eigenvalue weighted by Crippen LogP contribution is 2.45. The van der Waals surface area contributed by atoms with Gasteiger partial charge < -0.3 is 0 Å². The summed E-state index contributed by atoms with van der Waals surface area (Å²) in [6.45, 7) is 0. The second kappa shape index (κ2) is 4.33. The van der Waals surface area contributed by atoms with Gasteiger partial charge in [-0.05, 0) is 48.8 Å². The summed E-state index contributed by atoms with van der Waals surface area (Å²) in [4.78, 5) is 14.6. The quantitative estimate of drug-likeness (QED) is 0.588. The van der Waals surface area contributed by atoms with E-state index in [2.05, 4.69) is 4.99 Å². The monoisotopic (exact) mass is 245 g/mol. The van der Waals surface area contributed by atoms with Crippen molar-refractivity contribution in [3.63, 3.8) is 0 Å². The van der Waals surface area contributed by atoms with Gasteiger partial charge in [0.1, 0.15) is 5.82 Å². The number of hydrogen-bond donors (Lipinski definition) is 0. The smallest absolute Gasteiger partial charge is 0.211 e. The van der Waals surface area contributed by atoms with Crippen LogP contribution in [0.2, 0.25) is 0 Å². The van der Waals surface area contributed by atoms with Gasteiger partial charge in [-0.2, -0.15) is 4.99 Å². The summed E-state index contributed by atoms with van der Waals surface area (Å²) in [5, 5.41) is 0. The molecule has 2 fully saturated rings. The lowest BCUT2D eigenvalue weighted by Crippen LogP contribution is -2.19. The van der Waals surface area contributed by atoms with Crippen molar-refractivity contribution in [3.8, 4) is 0 Å². The summed E-state index contributed by atoms with van der Waals surface area (Å²) in [5.41, 5.74) is 1.15. The van der Waals surface area contributed by atoms with Crippen LogP contribution in [-0.2, 0) is 10.3 Å². The first-order valence-electron chi connectivity index (χ1n) is 6.64. The molecule has 2 nitrogen and oxygen atoms in total. The highest BCUT2D eigenvalue weighted by atomic mass is 19.1. The maximum atomic E-state index is 14.1. The summed E-state index contributed by atoms with van der Waals surface area (Å²) in [6.07, 6.45) is 7.58. The molecule has 0 spiro atoms. The van der Waals surface area contributed by atoms with Crippen LogP contribution < -0.4 is 0 Å². The average Bonchev–Trinajstić information content (AvgIpc) is 3.09. The zero-order valence-electron chi connectivity index (χ0n) is 10.3. The lowest BCUT2D eigenvalue weighted by Gasteiger charge is -2.23. The number of rotatable bonds is 3. The van der Waals surface area contributed by atoms with Crippen molar-refractivity contribution in [2.24, 2.45) is 4.99 Å². The second-order valence-electron chi connectivity index (χ2n) is 5.45. The van der Waals surface area contributed by atoms with Gasteiger partial charge >= 0.3 is 0 Å². The Kier molecular flexibility index (Phi) is 2.79. The Morgan fingerprint density at radius 1 is 1.28 bits per heavy atom. The zero-order chi connectivity index (χ0) is 12.6. The van der Waals surface area contributed by atoms with Gasteiger partial charge in [0.15, 0.2) is 0 Å². The predicted molar refractivity (Wildman–Crippen MR) is 66.6 cm³/mol. The van der Waals surface area contributed by atoms with E-state index in [9.17, 15) is 9.18 Å². The molecule has 0 aromatic heterocycles. The topological polar surface area (TPSA) is 29.4 Å². The average molecular weight is 245 g/mol. The van der Waals surface area contributed by atoms with Crippen LogP contribution in [0, 0.1) is 5.82 Å². The molecule has 0 aliphatic heterocycles. The van der Waals surface area contributed by atoms with E-state index in [1.165, 1.54) is 0 Å². The van der Waals surface area contributed by atoms with E-state index in [0.717, 1.165) is 49.7 Å². The maximum Gasteiger partial charge on any atom is 0.235 e. The Morgan fingerprint density at radius 2 is 2.00 bits per heavy atom. The number of isocyanates is 1. The second-order valence-corrected chi connectivity index (χ2v) is 5.45. The lowest BCUT2D eigenvalue weighted by atomic mass is 9.88. The Morgan fingerprint density at radius 3 is 2.56 bits per heavy atom. The highest BCUT2D eigenvalue weighted by molar-refractivity contribution is 5.40. The zero-order valence-corrected chi connectivity index (χ0v) is 10.3. The molecule has 2 saturated carbocycles. The molecule has 0 N–H and O–H groups in total. The SMILES string of the molecule is O=C=NC1(c2ccc(C3CC3)c(F)c2)CCCC1. The molecule has 1 aromatic rings. The summed E-state index contributed by atoms with van der Waals surface area (Å²) in [6, 6.07) is 5.41. The van der Waals surface area contributed by atoms with Crippen LogP contribution in [0.5, 0.6) is 0 Å². The normalized spacial score (nSPS) is 21.6. The molecule has 0 heterocycles. The van der Waals surface area contributed by atoms with Gasteiger partial charge in [-0.15, -0.1) is 0 Å². The van der Waals surface area contributed by atoms with E-state index >= 15 is 0 Å². The molecule has 18 heavy (non-hydrogen) atoms. The lowest BCUT2D eigenvalue weighted by molar-refractivity contribution is 0.452. The largest absolute Gasteiger partial charge is 0.235 e. The molecule has 3 heteroatoms. The number of carbonyl (C=O) groups excluding carboxylic acids is 1. The molecule has 0 amide bonds. The van der Waals surface area contributed by atoms with Crippen molar-refractivity contribution >= 4 is 6.08 Å². The molecule has 0 atom stereocenters. The van der Waals surface area contributed by atoms with E-state index in [0.29, 0.717) is 5.92 Å². The Balaban J connectivity index is 1.99. The van der Waals surface area contributed by atoms with E-state index in [1.54, 1.807) is 12.1 Å². The minimum atomic E-state index is -0.509. The highest BCUT2D eigenvalue weighted by Gasteiger charge is 2.36. The van der Waals surface area contributed by atoms with Crippen molar-refractivity contribution in [2.75, 3.05) is 0 Å². The van der Waals surface area contributed by atoms with Crippen LogP contribution >= 0.6 is 0 Å². The third-order valence-electron chi connectivity index (χ3n) is 4.25. The number of aliphatic imine (C=N–C) groups is 1. The van der Waals surface area contributed by atoms with E-state index in [-0.39, 0.29) is 5.82 Å². The Hall–Kier alpha value is -1.47. The van der Waals surface area contributed by atoms with Crippen LogP contribution in [0.25, 0.3) is 0 Å². The van der Waals surface area contributed by atoms with Crippen LogP contribution in [0.3, 0.4) is 0 Å². The molecule has 1 aromatic carbocycles. The maximum absolute atomic E-state index is 14.1. The van der Waals surface area contributed by atoms with E-state index in [4.69, 9.17) is 0 Å². The molecule has 2 aliphatic carbocycles. The third kappa shape index (κ3) is 1.89. The molecule has 2 aliphatic rings. The first-order valence-corrected chi connectivity index (χ1v) is 6.64. The van der Waals surface area contributed by atoms with Gasteiger partial charge in [-0.3, -0.25) is 0 Å². The van der Waals surface area contributed by atoms with Crippen LogP contribution in [0.1, 0.15) is 55.6 Å². The van der Waals surface area contributed by atoms with Crippen LogP contribution in [-0.4, -0.2) is 6.08 Å². The number of halogens is 1. The van der Waals surface area contributed by atoms with Crippen molar-refractivity contribution in [2.45, 2.75) is 50.0 Å². The van der Waals surface area contributed by atoms with Crippen molar-refractivity contribution in [1.29, 1.82) is 0 Å². The first-order chi connectivity index (χ1) is 8.75. The van der Waals surface area contributed by atoms with Crippen molar-refractivity contribution in [3.05, 3.63) is 35.1 Å². The molecular formula is C15H16FNO. The summed E-state index contributed by atoms with van der Waals surface area (Å²) in [7, 11) is 0. The van der Waals surface area contributed by atoms with Gasteiger partial charge in [0, 0.05) is 0 Å². The standard InChI is InChI=1S/C15H16FNO/c16-14-9-12(5-6-13(14)11-3-4-11)15(17-10-18)7-1-2-8-15/h5-6,9,11H,1-4,7-8H2. The minimum absolute atomic E-state index is 0.137. The molecule has 0 unspecified atom stereocenters. The fourth-order valence-electron chi connectivity index (χ4n) is 3.05. The van der Waals surface area contributed by atoms with E-state index in [1.807, 2.05) is 12.1 Å². The molecule has 3 rings (SSSR count). The van der Waals surface area contributed by atoms with Gasteiger partial charge in [0.25, 0.3) is 0 Å². The molecule has 0 radical (unpaired) electrons. The van der Waals surface area contributed by atoms with Gasteiger partial charge in [0.2, 0.25) is 6.08 Å². The fraction of sp³-hybridized carbons (Fsp3) is 0.533. The molecule has 0 bridgehead atoms. The minimum Gasteiger partial charge on any atom is -0.211 e. The summed E-state index contributed by atoms with van der Waals surface area (Å²) >= 11 is 0. The third-order valence-corrected chi connectivity index (χ3v) is 4.25. The van der Waals surface area contributed by atoms with Gasteiger partial charge in [-0.25, -0.2) is 9.18 Å². The molecule has 94 valence electrons. The number of hydrogen-bond acceptors (Lipinski definition) is 2. The molecule has 0 saturated heterocycles. The fourth-order valence-corrected chi connectivity index (χ4v) is 3.05. The van der Waals surface area contributed by atoms with Crippen LogP contribution in [0.4, 0.5) is 4.39 Å². The summed E-state index contributed by atoms with van der Waals surface area (Å²) < 4.78 is 14.1. The van der Waals surface area contributed by atoms with Crippen molar-refractivity contribution < 1.29 is 9.18 Å². The Bertz CT molecular complexity index is 509. The van der Waals surface area contributed by atoms with Crippen molar-refractivity contribution in [1.82, 2.24) is 0 Å². The van der Waals surface area contributed by atoms with Gasteiger partial charge in [-0.1, -0.05) is 25.0 Å².